The van der Waals surface area contributed by atoms with Gasteiger partial charge >= 0.3 is 0 Å². The first-order valence-corrected chi connectivity index (χ1v) is 23.9. The van der Waals surface area contributed by atoms with E-state index in [0.717, 1.165) is 43.3 Å². The maximum absolute atomic E-state index is 14.9. The van der Waals surface area contributed by atoms with Crippen molar-refractivity contribution in [1.82, 2.24) is 19.2 Å². The molecular weight excluding hydrogens is 803 g/mol. The minimum atomic E-state index is -3.94. The summed E-state index contributed by atoms with van der Waals surface area (Å²) in [5, 5.41) is 3.45. The number of Topliss-reactive ketones (excluding diaryl/α,β-unsaturated/α-hetero) is 2. The Balaban J connectivity index is 1.09. The number of anilines is 1. The molecule has 328 valence electrons. The molecule has 2 amide bonds. The van der Waals surface area contributed by atoms with Gasteiger partial charge in [0.1, 0.15) is 17.7 Å². The van der Waals surface area contributed by atoms with Gasteiger partial charge in [0.15, 0.2) is 11.6 Å². The number of allylic oxidation sites excluding steroid dienone is 2. The van der Waals surface area contributed by atoms with Crippen LogP contribution in [0.1, 0.15) is 120 Å². The number of sulfonamides is 1. The Bertz CT molecular complexity index is 2450. The molecule has 4 aliphatic rings. The van der Waals surface area contributed by atoms with E-state index in [9.17, 15) is 27.6 Å². The van der Waals surface area contributed by atoms with Crippen LogP contribution in [0.5, 0.6) is 6.01 Å². The van der Waals surface area contributed by atoms with Crippen LogP contribution in [-0.4, -0.2) is 75.7 Å². The molecule has 1 aromatic heterocycles. The standard InChI is InChI=1S/C49H59N5O7S/c1-33(2)54-40-25-16-23-38(42(55)26-15-19-34-17-9-7-10-18-34)44(40)51-47(54)61-37-29-41-43(56)31-49(46(58)52-62(59,60)48(3)27-28-48)30-35(49)20-11-5-4-6-14-24-39(45(57)53(41)32-37)50-36-21-12-8-13-22-36/h7-13,16-18,20-23,25,33,35,37,39,41,50H,4-6,14-15,19,24,26-32H2,1-3H3,(H,52,58)/b20-11-/t35-,37+,39-,41-,49+/m0/s1. The summed E-state index contributed by atoms with van der Waals surface area (Å²) in [6.45, 7) is 5.77. The number of hydrogen-bond acceptors (Lipinski definition) is 9. The Morgan fingerprint density at radius 1 is 0.952 bits per heavy atom. The highest BCUT2D eigenvalue weighted by molar-refractivity contribution is 7.91. The average Bonchev–Trinajstić information content (AvgIpc) is 4.07. The Labute approximate surface area is 364 Å². The number of benzene rings is 3. The fourth-order valence-electron chi connectivity index (χ4n) is 9.31. The van der Waals surface area contributed by atoms with Gasteiger partial charge in [0.2, 0.25) is 21.8 Å². The Kier molecular flexibility index (Phi) is 12.5. The second kappa shape index (κ2) is 17.8. The van der Waals surface area contributed by atoms with Crippen LogP contribution < -0.4 is 14.8 Å². The molecule has 0 unspecified atom stereocenters. The maximum Gasteiger partial charge on any atom is 0.297 e. The SMILES string of the molecule is CC(C)n1c(O[C@@H]2C[C@H]3C(=O)C[C@]4(C(=O)NS(=O)(=O)C5(C)CC5)C[C@@H]4/C=C\CCCCC[C@H](Nc4ccccc4)C(=O)N3C2)nc2c(C(=O)CCCc3ccccc3)cccc21. The number of para-hydroxylation sites is 2. The first-order valence-electron chi connectivity index (χ1n) is 22.4. The van der Waals surface area contributed by atoms with Crippen LogP contribution in [0.2, 0.25) is 0 Å². The van der Waals surface area contributed by atoms with Gasteiger partial charge in [-0.1, -0.05) is 79.6 Å². The fraction of sp³-hybridized carbons (Fsp3) is 0.490. The Hall–Kier alpha value is -5.30. The molecule has 2 aliphatic carbocycles. The number of aromatic nitrogens is 2. The third-order valence-corrected chi connectivity index (χ3v) is 15.6. The number of nitrogens with zero attached hydrogens (tertiary/aromatic N) is 3. The zero-order valence-electron chi connectivity index (χ0n) is 36.1. The van der Waals surface area contributed by atoms with Gasteiger partial charge in [0.05, 0.1) is 28.3 Å². The highest BCUT2D eigenvalue weighted by Gasteiger charge is 2.62. The van der Waals surface area contributed by atoms with Crippen molar-refractivity contribution in [3.8, 4) is 6.01 Å². The quantitative estimate of drug-likeness (QED) is 0.100. The van der Waals surface area contributed by atoms with E-state index in [4.69, 9.17) is 9.72 Å². The number of hydrogen-bond donors (Lipinski definition) is 2. The van der Waals surface area contributed by atoms with Crippen LogP contribution in [0.25, 0.3) is 11.0 Å². The molecule has 62 heavy (non-hydrogen) atoms. The first-order chi connectivity index (χ1) is 29.8. The van der Waals surface area contributed by atoms with Crippen LogP contribution in [0.3, 0.4) is 0 Å². The molecule has 3 aromatic carbocycles. The molecule has 0 radical (unpaired) electrons. The van der Waals surface area contributed by atoms with Crippen molar-refractivity contribution in [2.75, 3.05) is 11.9 Å². The lowest BCUT2D eigenvalue weighted by molar-refractivity contribution is -0.139. The van der Waals surface area contributed by atoms with Gasteiger partial charge in [0, 0.05) is 36.6 Å². The lowest BCUT2D eigenvalue weighted by atomic mass is 9.91. The van der Waals surface area contributed by atoms with Gasteiger partial charge in [-0.2, -0.15) is 4.98 Å². The molecule has 2 saturated carbocycles. The van der Waals surface area contributed by atoms with E-state index in [-0.39, 0.29) is 48.8 Å². The van der Waals surface area contributed by atoms with Crippen LogP contribution in [0, 0.1) is 11.3 Å². The molecule has 12 nitrogen and oxygen atoms in total. The van der Waals surface area contributed by atoms with Gasteiger partial charge < -0.3 is 15.0 Å². The fourth-order valence-corrected chi connectivity index (χ4v) is 10.6. The monoisotopic (exact) mass is 861 g/mol. The summed E-state index contributed by atoms with van der Waals surface area (Å²) >= 11 is 0. The third kappa shape index (κ3) is 9.09. The summed E-state index contributed by atoms with van der Waals surface area (Å²) < 4.78 is 36.7. The van der Waals surface area contributed by atoms with Crippen LogP contribution in [-0.2, 0) is 30.8 Å². The van der Waals surface area contributed by atoms with Crippen LogP contribution in [0.4, 0.5) is 5.69 Å². The van der Waals surface area contributed by atoms with Gasteiger partial charge in [-0.25, -0.2) is 8.42 Å². The third-order valence-electron chi connectivity index (χ3n) is 13.5. The van der Waals surface area contributed by atoms with Crippen molar-refractivity contribution >= 4 is 50.1 Å². The molecule has 2 aliphatic heterocycles. The molecule has 2 N–H and O–H groups in total. The number of nitrogens with one attached hydrogen (secondary N) is 2. The number of carbonyl (C=O) groups excluding carboxylic acids is 4. The largest absolute Gasteiger partial charge is 0.459 e. The number of amides is 2. The topological polar surface area (TPSA) is 157 Å². The molecular formula is C49H59N5O7S. The number of ether oxygens (including phenoxy) is 1. The highest BCUT2D eigenvalue weighted by atomic mass is 32.2. The highest BCUT2D eigenvalue weighted by Crippen LogP contribution is 2.57. The molecule has 0 bridgehead atoms. The summed E-state index contributed by atoms with van der Waals surface area (Å²) in [4.78, 5) is 64.0. The van der Waals surface area contributed by atoms with Crippen molar-refractivity contribution < 1.29 is 32.3 Å². The first kappa shape index (κ1) is 43.4. The Morgan fingerprint density at radius 2 is 1.69 bits per heavy atom. The summed E-state index contributed by atoms with van der Waals surface area (Å²) in [5.41, 5.74) is 2.55. The maximum atomic E-state index is 14.9. The van der Waals surface area contributed by atoms with E-state index in [1.54, 1.807) is 17.9 Å². The van der Waals surface area contributed by atoms with Gasteiger partial charge in [0.25, 0.3) is 6.01 Å². The summed E-state index contributed by atoms with van der Waals surface area (Å²) in [6.07, 6.45) is 10.4. The van der Waals surface area contributed by atoms with Crippen molar-refractivity contribution in [2.45, 2.75) is 133 Å². The second-order valence-electron chi connectivity index (χ2n) is 18.4. The lowest BCUT2D eigenvalue weighted by Gasteiger charge is -2.30. The number of aryl methyl sites for hydroxylation is 1. The summed E-state index contributed by atoms with van der Waals surface area (Å²) in [7, 11) is -3.94. The van der Waals surface area contributed by atoms with E-state index in [2.05, 4.69) is 22.2 Å². The van der Waals surface area contributed by atoms with Gasteiger partial charge in [-0.15, -0.1) is 0 Å². The summed E-state index contributed by atoms with van der Waals surface area (Å²) in [5.74, 6) is -1.50. The molecule has 5 atom stereocenters. The lowest BCUT2D eigenvalue weighted by Crippen LogP contribution is -2.49. The molecule has 1 saturated heterocycles. The molecule has 13 heteroatoms. The van der Waals surface area contributed by atoms with Gasteiger partial charge in [-0.3, -0.25) is 28.5 Å². The zero-order valence-corrected chi connectivity index (χ0v) is 36.9. The molecule has 4 aromatic rings. The zero-order chi connectivity index (χ0) is 43.6. The van der Waals surface area contributed by atoms with Crippen molar-refractivity contribution in [3.05, 3.63) is 102 Å². The number of fused-ring (bicyclic) bond motifs is 3. The minimum Gasteiger partial charge on any atom is -0.459 e. The molecule has 0 spiro atoms. The normalized spacial score (nSPS) is 25.6. The number of imidazole rings is 1. The van der Waals surface area contributed by atoms with Crippen LogP contribution in [0.15, 0.2) is 91.0 Å². The van der Waals surface area contributed by atoms with E-state index in [0.29, 0.717) is 55.6 Å². The number of carbonyl (C=O) groups is 4. The molecule has 3 fully saturated rings. The van der Waals surface area contributed by atoms with E-state index in [1.165, 1.54) is 5.56 Å². The smallest absolute Gasteiger partial charge is 0.297 e. The second-order valence-corrected chi connectivity index (χ2v) is 20.6. The predicted molar refractivity (Wildman–Crippen MR) is 239 cm³/mol. The molecule has 3 heterocycles. The Morgan fingerprint density at radius 3 is 2.42 bits per heavy atom. The van der Waals surface area contributed by atoms with E-state index in [1.807, 2.05) is 91.2 Å². The van der Waals surface area contributed by atoms with E-state index >= 15 is 0 Å². The van der Waals surface area contributed by atoms with Crippen molar-refractivity contribution in [3.63, 3.8) is 0 Å². The van der Waals surface area contributed by atoms with Gasteiger partial charge in [-0.05, 0) is 108 Å². The van der Waals surface area contributed by atoms with Crippen molar-refractivity contribution in [2.24, 2.45) is 11.3 Å². The number of rotatable bonds is 13. The predicted octanol–water partition coefficient (Wildman–Crippen LogP) is 8.14. The van der Waals surface area contributed by atoms with Crippen LogP contribution >= 0.6 is 0 Å². The van der Waals surface area contributed by atoms with Crippen molar-refractivity contribution in [1.29, 1.82) is 0 Å². The summed E-state index contributed by atoms with van der Waals surface area (Å²) in [6, 6.07) is 23.9. The van der Waals surface area contributed by atoms with E-state index < -0.39 is 44.3 Å². The molecule has 8 rings (SSSR count). The average molecular weight is 862 g/mol. The number of ketones is 2. The minimum absolute atomic E-state index is 0.00312.